The van der Waals surface area contributed by atoms with E-state index >= 15 is 0 Å². The zero-order valence-corrected chi connectivity index (χ0v) is 12.9. The molecule has 0 aromatic carbocycles. The second-order valence-corrected chi connectivity index (χ2v) is 5.68. The Morgan fingerprint density at radius 3 is 2.58 bits per heavy atom. The average Bonchev–Trinajstić information content (AvgIpc) is 2.85. The third-order valence-corrected chi connectivity index (χ3v) is 4.86. The molecule has 1 spiro atoms. The summed E-state index contributed by atoms with van der Waals surface area (Å²) in [6.45, 7) is 3.27. The highest BCUT2D eigenvalue weighted by Crippen LogP contribution is 2.56. The lowest BCUT2D eigenvalue weighted by Gasteiger charge is -2.57. The molecule has 0 heterocycles. The first-order chi connectivity index (χ1) is 8.65. The molecule has 2 N–H and O–H groups in total. The van der Waals surface area contributed by atoms with E-state index in [4.69, 9.17) is 10.5 Å². The first kappa shape index (κ1) is 16.7. The summed E-state index contributed by atoms with van der Waals surface area (Å²) >= 11 is 0. The van der Waals surface area contributed by atoms with Crippen LogP contribution in [0, 0.1) is 5.41 Å². The maximum Gasteiger partial charge on any atom is 0.223 e. The molecule has 5 heteroatoms. The summed E-state index contributed by atoms with van der Waals surface area (Å²) in [5.74, 6) is 0.184. The fourth-order valence-corrected chi connectivity index (χ4v) is 3.87. The number of nitrogens with zero attached hydrogens (tertiary/aromatic N) is 1. The molecule has 0 saturated heterocycles. The van der Waals surface area contributed by atoms with Gasteiger partial charge in [0, 0.05) is 38.1 Å². The number of carbonyl (C=O) groups is 1. The Kier molecular flexibility index (Phi) is 6.09. The molecular formula is C14H27ClN2O2. The molecule has 2 atom stereocenters. The van der Waals surface area contributed by atoms with E-state index in [-0.39, 0.29) is 23.7 Å². The van der Waals surface area contributed by atoms with Crippen LogP contribution in [0.4, 0.5) is 0 Å². The van der Waals surface area contributed by atoms with Crippen molar-refractivity contribution < 1.29 is 9.53 Å². The van der Waals surface area contributed by atoms with Crippen molar-refractivity contribution in [1.82, 2.24) is 4.90 Å². The quantitative estimate of drug-likeness (QED) is 0.842. The minimum atomic E-state index is 0. The van der Waals surface area contributed by atoms with Crippen LogP contribution in [0.2, 0.25) is 0 Å². The van der Waals surface area contributed by atoms with E-state index < -0.39 is 0 Å². The molecule has 1 amide bonds. The smallest absolute Gasteiger partial charge is 0.223 e. The molecule has 4 nitrogen and oxygen atoms in total. The number of ether oxygens (including phenoxy) is 1. The van der Waals surface area contributed by atoms with E-state index in [1.807, 2.05) is 11.9 Å². The van der Waals surface area contributed by atoms with Crippen molar-refractivity contribution in [2.24, 2.45) is 11.1 Å². The first-order valence-electron chi connectivity index (χ1n) is 7.23. The molecule has 0 aliphatic heterocycles. The molecule has 2 saturated carbocycles. The fraction of sp³-hybridized carbons (Fsp3) is 0.929. The zero-order valence-electron chi connectivity index (χ0n) is 12.1. The van der Waals surface area contributed by atoms with Gasteiger partial charge in [-0.25, -0.2) is 0 Å². The van der Waals surface area contributed by atoms with Gasteiger partial charge in [0.25, 0.3) is 0 Å². The van der Waals surface area contributed by atoms with Crippen molar-refractivity contribution in [3.8, 4) is 0 Å². The van der Waals surface area contributed by atoms with Crippen LogP contribution in [0.3, 0.4) is 0 Å². The molecule has 112 valence electrons. The lowest BCUT2D eigenvalue weighted by Crippen LogP contribution is -2.64. The van der Waals surface area contributed by atoms with Crippen molar-refractivity contribution in [2.75, 3.05) is 20.2 Å². The Labute approximate surface area is 122 Å². The fourth-order valence-electron chi connectivity index (χ4n) is 3.87. The van der Waals surface area contributed by atoms with Gasteiger partial charge in [-0.05, 0) is 26.2 Å². The molecule has 2 unspecified atom stereocenters. The number of carbonyl (C=O) groups excluding carboxylic acids is 1. The second-order valence-electron chi connectivity index (χ2n) is 5.68. The molecule has 2 rings (SSSR count). The van der Waals surface area contributed by atoms with Crippen LogP contribution < -0.4 is 5.73 Å². The third kappa shape index (κ3) is 2.91. The summed E-state index contributed by atoms with van der Waals surface area (Å²) in [5, 5.41) is 0. The summed E-state index contributed by atoms with van der Waals surface area (Å²) in [7, 11) is 1.94. The monoisotopic (exact) mass is 290 g/mol. The van der Waals surface area contributed by atoms with Crippen molar-refractivity contribution >= 4 is 18.3 Å². The van der Waals surface area contributed by atoms with Crippen LogP contribution in [0.25, 0.3) is 0 Å². The van der Waals surface area contributed by atoms with Gasteiger partial charge in [-0.2, -0.15) is 0 Å². The van der Waals surface area contributed by atoms with Crippen LogP contribution in [-0.2, 0) is 9.53 Å². The van der Waals surface area contributed by atoms with Crippen LogP contribution in [-0.4, -0.2) is 43.2 Å². The maximum absolute atomic E-state index is 12.0. The number of halogens is 1. The van der Waals surface area contributed by atoms with Gasteiger partial charge in [-0.1, -0.05) is 12.8 Å². The lowest BCUT2D eigenvalue weighted by atomic mass is 9.60. The van der Waals surface area contributed by atoms with Gasteiger partial charge < -0.3 is 15.4 Å². The van der Waals surface area contributed by atoms with Crippen LogP contribution in [0.1, 0.15) is 45.4 Å². The van der Waals surface area contributed by atoms with Gasteiger partial charge >= 0.3 is 0 Å². The van der Waals surface area contributed by atoms with Gasteiger partial charge in [0.1, 0.15) is 0 Å². The van der Waals surface area contributed by atoms with Gasteiger partial charge in [0.2, 0.25) is 5.91 Å². The highest BCUT2D eigenvalue weighted by molar-refractivity contribution is 5.85. The number of nitrogens with two attached hydrogens (primary N) is 1. The predicted octanol–water partition coefficient (Wildman–Crippen LogP) is 1.95. The minimum absolute atomic E-state index is 0. The Bertz CT molecular complexity index is 306. The van der Waals surface area contributed by atoms with E-state index in [1.165, 1.54) is 25.7 Å². The SMILES string of the molecule is CCOC1CC(N(C)C(=O)CCN)C12CCCC2.Cl. The Hall–Kier alpha value is -0.320. The molecule has 2 aliphatic rings. The van der Waals surface area contributed by atoms with E-state index in [0.717, 1.165) is 13.0 Å². The molecular weight excluding hydrogens is 264 g/mol. The van der Waals surface area contributed by atoms with Gasteiger partial charge in [0.05, 0.1) is 6.10 Å². The summed E-state index contributed by atoms with van der Waals surface area (Å²) < 4.78 is 5.87. The Morgan fingerprint density at radius 1 is 1.42 bits per heavy atom. The molecule has 0 radical (unpaired) electrons. The number of rotatable bonds is 5. The van der Waals surface area contributed by atoms with Crippen LogP contribution in [0.15, 0.2) is 0 Å². The van der Waals surface area contributed by atoms with Crippen molar-refractivity contribution in [3.05, 3.63) is 0 Å². The molecule has 2 fully saturated rings. The van der Waals surface area contributed by atoms with Gasteiger partial charge in [0.15, 0.2) is 0 Å². The molecule has 0 aromatic rings. The maximum atomic E-state index is 12.0. The predicted molar refractivity (Wildman–Crippen MR) is 78.4 cm³/mol. The third-order valence-electron chi connectivity index (χ3n) is 4.86. The minimum Gasteiger partial charge on any atom is -0.378 e. The Morgan fingerprint density at radius 2 is 2.05 bits per heavy atom. The molecule has 0 bridgehead atoms. The first-order valence-corrected chi connectivity index (χ1v) is 7.23. The lowest BCUT2D eigenvalue weighted by molar-refractivity contribution is -0.172. The number of amides is 1. The summed E-state index contributed by atoms with van der Waals surface area (Å²) in [5.41, 5.74) is 5.72. The average molecular weight is 291 g/mol. The summed E-state index contributed by atoms with van der Waals surface area (Å²) in [4.78, 5) is 13.9. The second kappa shape index (κ2) is 6.91. The summed E-state index contributed by atoms with van der Waals surface area (Å²) in [6, 6.07) is 0.371. The molecule has 2 aliphatic carbocycles. The number of hydrogen-bond acceptors (Lipinski definition) is 3. The van der Waals surface area contributed by atoms with E-state index in [0.29, 0.717) is 25.1 Å². The van der Waals surface area contributed by atoms with Crippen molar-refractivity contribution in [3.63, 3.8) is 0 Å². The standard InChI is InChI=1S/C14H26N2O2.ClH/c1-3-18-12-10-11(14(12)7-4-5-8-14)16(2)13(17)6-9-15;/h11-12H,3-10,15H2,1-2H3;1H. The van der Waals surface area contributed by atoms with Crippen molar-refractivity contribution in [2.45, 2.75) is 57.6 Å². The zero-order chi connectivity index (χ0) is 13.2. The van der Waals surface area contributed by atoms with Crippen LogP contribution >= 0.6 is 12.4 Å². The molecule has 0 aromatic heterocycles. The normalized spacial score (nSPS) is 27.7. The highest BCUT2D eigenvalue weighted by Gasteiger charge is 2.58. The Balaban J connectivity index is 0.00000180. The molecule has 19 heavy (non-hydrogen) atoms. The summed E-state index contributed by atoms with van der Waals surface area (Å²) in [6.07, 6.45) is 6.80. The van der Waals surface area contributed by atoms with E-state index in [2.05, 4.69) is 6.92 Å². The van der Waals surface area contributed by atoms with E-state index in [1.54, 1.807) is 0 Å². The topological polar surface area (TPSA) is 55.6 Å². The van der Waals surface area contributed by atoms with Crippen LogP contribution in [0.5, 0.6) is 0 Å². The largest absolute Gasteiger partial charge is 0.378 e. The van der Waals surface area contributed by atoms with E-state index in [9.17, 15) is 4.79 Å². The van der Waals surface area contributed by atoms with Gasteiger partial charge in [-0.3, -0.25) is 4.79 Å². The number of hydrogen-bond donors (Lipinski definition) is 1. The highest BCUT2D eigenvalue weighted by atomic mass is 35.5. The van der Waals surface area contributed by atoms with Crippen molar-refractivity contribution in [1.29, 1.82) is 0 Å². The van der Waals surface area contributed by atoms with Gasteiger partial charge in [-0.15, -0.1) is 12.4 Å².